The van der Waals surface area contributed by atoms with Gasteiger partial charge in [0, 0.05) is 24.0 Å². The highest BCUT2D eigenvalue weighted by Gasteiger charge is 2.11. The van der Waals surface area contributed by atoms with Gasteiger partial charge in [0.1, 0.15) is 18.1 Å². The van der Waals surface area contributed by atoms with Gasteiger partial charge in [-0.05, 0) is 42.0 Å². The summed E-state index contributed by atoms with van der Waals surface area (Å²) in [6.07, 6.45) is 3.00. The zero-order chi connectivity index (χ0) is 20.5. The van der Waals surface area contributed by atoms with Crippen LogP contribution in [0.5, 0.6) is 5.75 Å². The smallest absolute Gasteiger partial charge is 0.270 e. The summed E-state index contributed by atoms with van der Waals surface area (Å²) in [6.45, 7) is 4.35. The number of rotatable bonds is 8. The van der Waals surface area contributed by atoms with Crippen molar-refractivity contribution >= 4 is 17.5 Å². The molecule has 0 fully saturated rings. The van der Waals surface area contributed by atoms with E-state index in [4.69, 9.17) is 4.74 Å². The molecule has 0 aliphatic rings. The summed E-state index contributed by atoms with van der Waals surface area (Å²) in [5.74, 6) is 0.0135. The maximum atomic E-state index is 12.5. The molecule has 2 aromatic carbocycles. The number of nitrogens with one attached hydrogen (secondary N) is 2. The van der Waals surface area contributed by atoms with Gasteiger partial charge in [-0.3, -0.25) is 14.6 Å². The van der Waals surface area contributed by atoms with Gasteiger partial charge < -0.3 is 15.4 Å². The third kappa shape index (κ3) is 5.77. The highest BCUT2D eigenvalue weighted by molar-refractivity contribution is 6.05. The molecule has 146 valence electrons. The normalized spacial score (nSPS) is 10.1. The number of pyridine rings is 1. The van der Waals surface area contributed by atoms with Crippen LogP contribution in [0.15, 0.2) is 85.6 Å². The van der Waals surface area contributed by atoms with E-state index >= 15 is 0 Å². The van der Waals surface area contributed by atoms with Gasteiger partial charge in [-0.1, -0.05) is 36.4 Å². The van der Waals surface area contributed by atoms with Gasteiger partial charge in [0.25, 0.3) is 11.8 Å². The number of amides is 2. The fourth-order valence-corrected chi connectivity index (χ4v) is 2.53. The Bertz CT molecular complexity index is 986. The number of benzene rings is 2. The van der Waals surface area contributed by atoms with Crippen molar-refractivity contribution in [3.8, 4) is 5.75 Å². The molecule has 0 radical (unpaired) electrons. The first-order chi connectivity index (χ1) is 14.2. The van der Waals surface area contributed by atoms with Gasteiger partial charge in [0.15, 0.2) is 0 Å². The number of carbonyl (C=O) groups excluding carboxylic acids is 2. The second-order valence-electron chi connectivity index (χ2n) is 6.18. The molecule has 0 aliphatic heterocycles. The highest BCUT2D eigenvalue weighted by atomic mass is 16.5. The second-order valence-corrected chi connectivity index (χ2v) is 6.18. The Morgan fingerprint density at radius 3 is 2.48 bits per heavy atom. The van der Waals surface area contributed by atoms with Crippen LogP contribution in [-0.2, 0) is 6.61 Å². The molecule has 1 heterocycles. The van der Waals surface area contributed by atoms with Gasteiger partial charge in [0.05, 0.1) is 0 Å². The van der Waals surface area contributed by atoms with E-state index in [2.05, 4.69) is 22.2 Å². The van der Waals surface area contributed by atoms with Crippen LogP contribution in [0, 0.1) is 0 Å². The number of carbonyl (C=O) groups is 2. The Morgan fingerprint density at radius 1 is 1.00 bits per heavy atom. The van der Waals surface area contributed by atoms with Crippen LogP contribution < -0.4 is 15.4 Å². The number of hydrogen-bond donors (Lipinski definition) is 2. The summed E-state index contributed by atoms with van der Waals surface area (Å²) in [5, 5.41) is 5.43. The summed E-state index contributed by atoms with van der Waals surface area (Å²) in [5.41, 5.74) is 2.21. The predicted octanol–water partition coefficient (Wildman–Crippen LogP) is 3.83. The summed E-state index contributed by atoms with van der Waals surface area (Å²) in [6, 6.07) is 20.0. The van der Waals surface area contributed by atoms with Gasteiger partial charge >= 0.3 is 0 Å². The molecule has 2 amide bonds. The number of ether oxygens (including phenoxy) is 1. The second kappa shape index (κ2) is 9.85. The average Bonchev–Trinajstić information content (AvgIpc) is 2.77. The zero-order valence-electron chi connectivity index (χ0n) is 15.8. The third-order valence-corrected chi connectivity index (χ3v) is 4.02. The molecule has 0 spiro atoms. The minimum Gasteiger partial charge on any atom is -0.489 e. The van der Waals surface area contributed by atoms with Crippen molar-refractivity contribution in [1.29, 1.82) is 0 Å². The monoisotopic (exact) mass is 387 g/mol. The van der Waals surface area contributed by atoms with E-state index in [1.807, 2.05) is 30.3 Å². The van der Waals surface area contributed by atoms with Crippen molar-refractivity contribution in [3.05, 3.63) is 102 Å². The molecule has 3 aromatic rings. The van der Waals surface area contributed by atoms with Crippen molar-refractivity contribution in [1.82, 2.24) is 10.3 Å². The van der Waals surface area contributed by atoms with E-state index in [1.165, 1.54) is 12.3 Å². The highest BCUT2D eigenvalue weighted by Crippen LogP contribution is 2.18. The van der Waals surface area contributed by atoms with Crippen LogP contribution in [0.25, 0.3) is 0 Å². The Kier molecular flexibility index (Phi) is 6.73. The van der Waals surface area contributed by atoms with Crippen molar-refractivity contribution in [3.63, 3.8) is 0 Å². The molecule has 0 aliphatic carbocycles. The van der Waals surface area contributed by atoms with E-state index < -0.39 is 0 Å². The summed E-state index contributed by atoms with van der Waals surface area (Å²) in [7, 11) is 0. The Labute approximate surface area is 169 Å². The lowest BCUT2D eigenvalue weighted by Gasteiger charge is -2.09. The van der Waals surface area contributed by atoms with Crippen LogP contribution >= 0.6 is 0 Å². The van der Waals surface area contributed by atoms with Crippen molar-refractivity contribution in [2.45, 2.75) is 6.61 Å². The average molecular weight is 387 g/mol. The van der Waals surface area contributed by atoms with Crippen molar-refractivity contribution in [2.75, 3.05) is 11.9 Å². The first-order valence-corrected chi connectivity index (χ1v) is 9.09. The third-order valence-electron chi connectivity index (χ3n) is 4.02. The van der Waals surface area contributed by atoms with E-state index in [0.29, 0.717) is 30.2 Å². The maximum absolute atomic E-state index is 12.5. The lowest BCUT2D eigenvalue weighted by molar-refractivity contribution is 0.0953. The first kappa shape index (κ1) is 19.8. The van der Waals surface area contributed by atoms with Crippen LogP contribution in [0.2, 0.25) is 0 Å². The van der Waals surface area contributed by atoms with Crippen LogP contribution in [0.3, 0.4) is 0 Å². The first-order valence-electron chi connectivity index (χ1n) is 9.09. The molecule has 6 heteroatoms. The minimum atomic E-state index is -0.362. The molecule has 0 bridgehead atoms. The topological polar surface area (TPSA) is 80.3 Å². The van der Waals surface area contributed by atoms with Gasteiger partial charge in [0.2, 0.25) is 0 Å². The van der Waals surface area contributed by atoms with Gasteiger partial charge in [-0.2, -0.15) is 0 Å². The Hall–Kier alpha value is -3.93. The van der Waals surface area contributed by atoms with E-state index in [1.54, 1.807) is 36.4 Å². The van der Waals surface area contributed by atoms with Crippen molar-refractivity contribution < 1.29 is 14.3 Å². The summed E-state index contributed by atoms with van der Waals surface area (Å²) in [4.78, 5) is 28.4. The van der Waals surface area contributed by atoms with Gasteiger partial charge in [-0.25, -0.2) is 0 Å². The van der Waals surface area contributed by atoms with E-state index in [9.17, 15) is 9.59 Å². The molecular weight excluding hydrogens is 366 g/mol. The quantitative estimate of drug-likeness (QED) is 0.576. The van der Waals surface area contributed by atoms with E-state index in [0.717, 1.165) is 5.56 Å². The maximum Gasteiger partial charge on any atom is 0.270 e. The Balaban J connectivity index is 1.59. The Morgan fingerprint density at radius 2 is 1.76 bits per heavy atom. The number of nitrogens with zero attached hydrogens (tertiary/aromatic N) is 1. The van der Waals surface area contributed by atoms with Crippen LogP contribution in [0.4, 0.5) is 5.69 Å². The van der Waals surface area contributed by atoms with E-state index in [-0.39, 0.29) is 17.5 Å². The molecule has 2 N–H and O–H groups in total. The lowest BCUT2D eigenvalue weighted by atomic mass is 10.2. The number of anilines is 1. The zero-order valence-corrected chi connectivity index (χ0v) is 15.8. The standard InChI is InChI=1S/C23H21N3O3/c1-2-13-25-23(28)21-15-18(12-14-24-21)22(27)26-19-8-10-20(11-9-19)29-16-17-6-4-3-5-7-17/h2-12,14-15H,1,13,16H2,(H,25,28)(H,26,27). The largest absolute Gasteiger partial charge is 0.489 e. The fourth-order valence-electron chi connectivity index (χ4n) is 2.53. The fraction of sp³-hybridized carbons (Fsp3) is 0.0870. The molecule has 1 aromatic heterocycles. The van der Waals surface area contributed by atoms with Gasteiger partial charge in [-0.15, -0.1) is 6.58 Å². The van der Waals surface area contributed by atoms with Crippen LogP contribution in [0.1, 0.15) is 26.4 Å². The molecule has 3 rings (SSSR count). The molecule has 0 unspecified atom stereocenters. The van der Waals surface area contributed by atoms with Crippen LogP contribution in [-0.4, -0.2) is 23.3 Å². The molecule has 29 heavy (non-hydrogen) atoms. The molecule has 6 nitrogen and oxygen atoms in total. The van der Waals surface area contributed by atoms with Crippen molar-refractivity contribution in [2.24, 2.45) is 0 Å². The molecule has 0 saturated carbocycles. The molecular formula is C23H21N3O3. The lowest BCUT2D eigenvalue weighted by Crippen LogP contribution is -2.24. The number of aromatic nitrogens is 1. The molecule has 0 atom stereocenters. The summed E-state index contributed by atoms with van der Waals surface area (Å²) >= 11 is 0. The minimum absolute atomic E-state index is 0.171. The summed E-state index contributed by atoms with van der Waals surface area (Å²) < 4.78 is 5.74. The number of hydrogen-bond acceptors (Lipinski definition) is 4. The molecule has 0 saturated heterocycles. The predicted molar refractivity (Wildman–Crippen MR) is 112 cm³/mol. The SMILES string of the molecule is C=CCNC(=O)c1cc(C(=O)Nc2ccc(OCc3ccccc3)cc2)ccn1.